The van der Waals surface area contributed by atoms with Crippen LogP contribution < -0.4 is 9.80 Å². The molecule has 0 unspecified atom stereocenters. The van der Waals surface area contributed by atoms with Gasteiger partial charge in [0.1, 0.15) is 16.5 Å². The van der Waals surface area contributed by atoms with E-state index in [1.54, 1.807) is 43.4 Å². The Morgan fingerprint density at radius 2 is 1.94 bits per heavy atom. The summed E-state index contributed by atoms with van der Waals surface area (Å²) in [6, 6.07) is 11.2. The summed E-state index contributed by atoms with van der Waals surface area (Å²) in [4.78, 5) is 36.1. The Morgan fingerprint density at radius 1 is 1.16 bits per heavy atom. The molecule has 3 heterocycles. The van der Waals surface area contributed by atoms with Crippen molar-refractivity contribution in [2.24, 2.45) is 0 Å². The lowest BCUT2D eigenvalue weighted by molar-refractivity contribution is -0.385. The number of hydrogen-bond donors (Lipinski definition) is 0. The van der Waals surface area contributed by atoms with Crippen LogP contribution in [0, 0.1) is 22.0 Å². The number of carbonyl (C=O) groups excluding carboxylic acids is 1. The van der Waals surface area contributed by atoms with Gasteiger partial charge in [-0.3, -0.25) is 14.9 Å². The summed E-state index contributed by atoms with van der Waals surface area (Å²) >= 11 is 6.10. The van der Waals surface area contributed by atoms with Crippen molar-refractivity contribution in [3.8, 4) is 11.8 Å². The zero-order chi connectivity index (χ0) is 22.1. The van der Waals surface area contributed by atoms with E-state index in [0.717, 1.165) is 0 Å². The Kier molecular flexibility index (Phi) is 5.28. The predicted octanol–water partition coefficient (Wildman–Crippen LogP) is 4.19. The van der Waals surface area contributed by atoms with Crippen LogP contribution in [0.25, 0.3) is 0 Å². The Balaban J connectivity index is 1.82. The summed E-state index contributed by atoms with van der Waals surface area (Å²) in [6.07, 6.45) is 1.53. The van der Waals surface area contributed by atoms with E-state index in [4.69, 9.17) is 11.6 Å². The van der Waals surface area contributed by atoms with Crippen molar-refractivity contribution in [2.75, 3.05) is 23.4 Å². The van der Waals surface area contributed by atoms with Crippen LogP contribution in [-0.2, 0) is 0 Å². The molecule has 31 heavy (non-hydrogen) atoms. The molecule has 8 nitrogen and oxygen atoms in total. The first-order valence-electron chi connectivity index (χ1n) is 9.38. The van der Waals surface area contributed by atoms with Gasteiger partial charge in [-0.05, 0) is 31.2 Å². The third-order valence-corrected chi connectivity index (χ3v) is 5.06. The van der Waals surface area contributed by atoms with Crippen molar-refractivity contribution in [2.45, 2.75) is 6.92 Å². The SMILES string of the molecule is CCN1c2ncc(C#Cc3ccccc3[N+](=O)[O-])cc2C(=O)N(C)c2ccc(Cl)nc21. The van der Waals surface area contributed by atoms with Gasteiger partial charge >= 0.3 is 0 Å². The minimum Gasteiger partial charge on any atom is -0.309 e. The average molecular weight is 434 g/mol. The number of hydrogen-bond acceptors (Lipinski definition) is 6. The van der Waals surface area contributed by atoms with Crippen molar-refractivity contribution in [1.29, 1.82) is 0 Å². The topological polar surface area (TPSA) is 92.5 Å². The summed E-state index contributed by atoms with van der Waals surface area (Å²) in [7, 11) is 1.66. The van der Waals surface area contributed by atoms with Crippen LogP contribution in [0.4, 0.5) is 23.0 Å². The van der Waals surface area contributed by atoms with Gasteiger partial charge in [-0.1, -0.05) is 35.6 Å². The molecule has 9 heteroatoms. The van der Waals surface area contributed by atoms with E-state index < -0.39 is 4.92 Å². The minimum atomic E-state index is -0.480. The van der Waals surface area contributed by atoms with Crippen molar-refractivity contribution < 1.29 is 9.72 Å². The molecule has 0 atom stereocenters. The molecule has 0 saturated heterocycles. The monoisotopic (exact) mass is 433 g/mol. The van der Waals surface area contributed by atoms with E-state index in [1.165, 1.54) is 17.2 Å². The Labute approximate surface area is 183 Å². The summed E-state index contributed by atoms with van der Waals surface area (Å²) in [5.74, 6) is 6.41. The number of nitrogens with zero attached hydrogens (tertiary/aromatic N) is 5. The Hall–Kier alpha value is -3.96. The Morgan fingerprint density at radius 3 is 2.68 bits per heavy atom. The Bertz CT molecular complexity index is 1280. The molecule has 0 aliphatic carbocycles. The molecule has 4 rings (SSSR count). The molecular weight excluding hydrogens is 418 g/mol. The van der Waals surface area contributed by atoms with Gasteiger partial charge in [0.05, 0.1) is 16.2 Å². The number of carbonyl (C=O) groups is 1. The lowest BCUT2D eigenvalue weighted by atomic mass is 10.1. The van der Waals surface area contributed by atoms with E-state index >= 15 is 0 Å². The highest BCUT2D eigenvalue weighted by Crippen LogP contribution is 2.38. The summed E-state index contributed by atoms with van der Waals surface area (Å²) in [5, 5.41) is 11.5. The summed E-state index contributed by atoms with van der Waals surface area (Å²) < 4.78 is 0. The second-order valence-corrected chi connectivity index (χ2v) is 7.09. The number of halogens is 1. The minimum absolute atomic E-state index is 0.0795. The van der Waals surface area contributed by atoms with Crippen LogP contribution in [0.5, 0.6) is 0 Å². The molecule has 0 radical (unpaired) electrons. The molecule has 0 fully saturated rings. The van der Waals surface area contributed by atoms with E-state index in [1.807, 2.05) is 11.8 Å². The van der Waals surface area contributed by atoms with E-state index in [2.05, 4.69) is 21.8 Å². The first-order valence-corrected chi connectivity index (χ1v) is 9.76. The van der Waals surface area contributed by atoms with Gasteiger partial charge in [0.25, 0.3) is 11.6 Å². The number of pyridine rings is 2. The molecule has 0 bridgehead atoms. The average Bonchev–Trinajstić information content (AvgIpc) is 2.85. The fraction of sp³-hybridized carbons (Fsp3) is 0.136. The highest BCUT2D eigenvalue weighted by molar-refractivity contribution is 6.29. The van der Waals surface area contributed by atoms with Gasteiger partial charge in [0.2, 0.25) is 0 Å². The molecule has 2 aromatic heterocycles. The number of rotatable bonds is 2. The molecule has 1 aromatic carbocycles. The van der Waals surface area contributed by atoms with Crippen LogP contribution in [-0.4, -0.2) is 34.4 Å². The fourth-order valence-corrected chi connectivity index (χ4v) is 3.49. The van der Waals surface area contributed by atoms with Crippen molar-refractivity contribution in [3.05, 3.63) is 80.6 Å². The standard InChI is InChI=1S/C22H16ClN5O3/c1-3-27-20-16(22(29)26(2)18-10-11-19(23)25-21(18)27)12-14(13-24-20)8-9-15-6-4-5-7-17(15)28(30)31/h4-7,10-13H,3H2,1-2H3. The number of nitro benzene ring substituents is 1. The smallest absolute Gasteiger partial charge is 0.284 e. The lowest BCUT2D eigenvalue weighted by Crippen LogP contribution is -2.25. The lowest BCUT2D eigenvalue weighted by Gasteiger charge is -2.22. The molecule has 1 aliphatic rings. The van der Waals surface area contributed by atoms with Crippen LogP contribution in [0.15, 0.2) is 48.7 Å². The molecule has 154 valence electrons. The van der Waals surface area contributed by atoms with E-state index in [-0.39, 0.29) is 17.2 Å². The molecule has 1 aliphatic heterocycles. The van der Waals surface area contributed by atoms with Crippen LogP contribution in [0.2, 0.25) is 5.15 Å². The molecule has 1 amide bonds. The summed E-state index contributed by atoms with van der Waals surface area (Å²) in [5.41, 5.74) is 1.64. The maximum Gasteiger partial charge on any atom is 0.284 e. The molecule has 0 saturated carbocycles. The summed E-state index contributed by atoms with van der Waals surface area (Å²) in [6.45, 7) is 2.44. The zero-order valence-electron chi connectivity index (χ0n) is 16.7. The zero-order valence-corrected chi connectivity index (χ0v) is 17.4. The third-order valence-electron chi connectivity index (χ3n) is 4.85. The van der Waals surface area contributed by atoms with Gasteiger partial charge in [-0.15, -0.1) is 0 Å². The van der Waals surface area contributed by atoms with Crippen LogP contribution in [0.3, 0.4) is 0 Å². The van der Waals surface area contributed by atoms with Crippen molar-refractivity contribution >= 4 is 40.5 Å². The van der Waals surface area contributed by atoms with Gasteiger partial charge in [-0.2, -0.15) is 0 Å². The third kappa shape index (κ3) is 3.67. The first kappa shape index (κ1) is 20.3. The second kappa shape index (κ2) is 8.05. The predicted molar refractivity (Wildman–Crippen MR) is 118 cm³/mol. The highest BCUT2D eigenvalue weighted by atomic mass is 35.5. The molecular formula is C22H16ClN5O3. The number of fused-ring (bicyclic) bond motifs is 2. The second-order valence-electron chi connectivity index (χ2n) is 6.70. The first-order chi connectivity index (χ1) is 14.9. The van der Waals surface area contributed by atoms with E-state index in [0.29, 0.717) is 40.1 Å². The van der Waals surface area contributed by atoms with Gasteiger partial charge in [0, 0.05) is 31.4 Å². The van der Waals surface area contributed by atoms with Gasteiger partial charge in [0.15, 0.2) is 5.82 Å². The quantitative estimate of drug-likeness (QED) is 0.260. The normalized spacial score (nSPS) is 12.4. The molecule has 3 aromatic rings. The maximum atomic E-state index is 13.2. The van der Waals surface area contributed by atoms with Crippen LogP contribution >= 0.6 is 11.6 Å². The van der Waals surface area contributed by atoms with Gasteiger partial charge < -0.3 is 9.80 Å². The number of nitro groups is 1. The fourth-order valence-electron chi connectivity index (χ4n) is 3.34. The number of amides is 1. The van der Waals surface area contributed by atoms with Crippen molar-refractivity contribution in [3.63, 3.8) is 0 Å². The van der Waals surface area contributed by atoms with Crippen molar-refractivity contribution in [1.82, 2.24) is 9.97 Å². The largest absolute Gasteiger partial charge is 0.309 e. The highest BCUT2D eigenvalue weighted by Gasteiger charge is 2.30. The molecule has 0 N–H and O–H groups in total. The number of aromatic nitrogens is 2. The van der Waals surface area contributed by atoms with Crippen LogP contribution in [0.1, 0.15) is 28.4 Å². The van der Waals surface area contributed by atoms with E-state index in [9.17, 15) is 14.9 Å². The number of anilines is 3. The van der Waals surface area contributed by atoms with Gasteiger partial charge in [-0.25, -0.2) is 9.97 Å². The number of para-hydroxylation sites is 1. The number of benzene rings is 1. The maximum absolute atomic E-state index is 13.2. The molecule has 0 spiro atoms.